The number of rotatable bonds is 3. The van der Waals surface area contributed by atoms with E-state index in [4.69, 9.17) is 27.9 Å². The fourth-order valence-electron chi connectivity index (χ4n) is 2.21. The van der Waals surface area contributed by atoms with Crippen molar-refractivity contribution < 1.29 is 9.53 Å². The van der Waals surface area contributed by atoms with Crippen molar-refractivity contribution in [2.75, 3.05) is 0 Å². The van der Waals surface area contributed by atoms with Gasteiger partial charge in [-0.3, -0.25) is 0 Å². The molecular formula is C17H13Cl2N3O2. The number of benzene rings is 1. The van der Waals surface area contributed by atoms with Crippen molar-refractivity contribution in [1.29, 1.82) is 0 Å². The van der Waals surface area contributed by atoms with Crippen LogP contribution in [0, 0.1) is 13.8 Å². The molecule has 3 rings (SSSR count). The first kappa shape index (κ1) is 16.5. The summed E-state index contributed by atoms with van der Waals surface area (Å²) >= 11 is 11.8. The fraction of sp³-hybridized carbons (Fsp3) is 0.118. The minimum Gasteiger partial charge on any atom is -0.421 e. The summed E-state index contributed by atoms with van der Waals surface area (Å²) < 4.78 is 6.98. The molecule has 0 unspecified atom stereocenters. The molecule has 0 aliphatic carbocycles. The number of esters is 1. The number of hydrogen-bond acceptors (Lipinski definition) is 4. The summed E-state index contributed by atoms with van der Waals surface area (Å²) in [7, 11) is 0. The first-order valence-electron chi connectivity index (χ1n) is 7.11. The van der Waals surface area contributed by atoms with E-state index in [9.17, 15) is 4.79 Å². The summed E-state index contributed by atoms with van der Waals surface area (Å²) in [5.74, 6) is 0.321. The molecule has 7 heteroatoms. The average molecular weight is 362 g/mol. The maximum absolute atomic E-state index is 12.2. The molecule has 0 radical (unpaired) electrons. The van der Waals surface area contributed by atoms with Gasteiger partial charge in [0.2, 0.25) is 0 Å². The van der Waals surface area contributed by atoms with Crippen LogP contribution >= 0.6 is 23.2 Å². The largest absolute Gasteiger partial charge is 0.421 e. The summed E-state index contributed by atoms with van der Waals surface area (Å²) in [5.41, 5.74) is 2.17. The summed E-state index contributed by atoms with van der Waals surface area (Å²) in [6.45, 7) is 3.84. The molecule has 122 valence electrons. The zero-order chi connectivity index (χ0) is 17.3. The van der Waals surface area contributed by atoms with Crippen LogP contribution < -0.4 is 4.74 Å². The van der Waals surface area contributed by atoms with Crippen molar-refractivity contribution in [2.24, 2.45) is 0 Å². The molecule has 0 aliphatic rings. The number of carbonyl (C=O) groups is 1. The second kappa shape index (κ2) is 6.63. The molecule has 1 aromatic carbocycles. The number of carbonyl (C=O) groups excluding carboxylic acids is 1. The highest BCUT2D eigenvalue weighted by atomic mass is 35.5. The number of aryl methyl sites for hydroxylation is 2. The highest BCUT2D eigenvalue weighted by Gasteiger charge is 2.13. The second-order valence-corrected chi connectivity index (χ2v) is 6.05. The van der Waals surface area contributed by atoms with E-state index in [2.05, 4.69) is 10.1 Å². The molecule has 0 amide bonds. The maximum atomic E-state index is 12.2. The molecule has 0 spiro atoms. The highest BCUT2D eigenvalue weighted by molar-refractivity contribution is 6.35. The number of ether oxygens (including phenoxy) is 1. The van der Waals surface area contributed by atoms with Crippen molar-refractivity contribution in [3.05, 3.63) is 69.6 Å². The highest BCUT2D eigenvalue weighted by Crippen LogP contribution is 2.28. The normalized spacial score (nSPS) is 10.7. The monoisotopic (exact) mass is 361 g/mol. The average Bonchev–Trinajstić information content (AvgIpc) is 2.88. The molecule has 0 saturated carbocycles. The number of nitrogens with zero attached hydrogens (tertiary/aromatic N) is 3. The Morgan fingerprint density at radius 3 is 2.50 bits per heavy atom. The lowest BCUT2D eigenvalue weighted by atomic mass is 10.3. The Morgan fingerprint density at radius 2 is 1.92 bits per heavy atom. The van der Waals surface area contributed by atoms with Gasteiger partial charge in [-0.15, -0.1) is 0 Å². The van der Waals surface area contributed by atoms with Crippen LogP contribution in [0.4, 0.5) is 0 Å². The summed E-state index contributed by atoms with van der Waals surface area (Å²) in [5, 5.41) is 5.09. The Balaban J connectivity index is 1.80. The van der Waals surface area contributed by atoms with Gasteiger partial charge < -0.3 is 4.74 Å². The van der Waals surface area contributed by atoms with Crippen LogP contribution in [0.1, 0.15) is 21.7 Å². The minimum absolute atomic E-state index is 0.244. The first-order valence-corrected chi connectivity index (χ1v) is 7.86. The van der Waals surface area contributed by atoms with Gasteiger partial charge in [-0.05, 0) is 50.2 Å². The zero-order valence-corrected chi connectivity index (χ0v) is 14.5. The Morgan fingerprint density at radius 1 is 1.12 bits per heavy atom. The molecule has 0 atom stereocenters. The molecule has 0 N–H and O–H groups in total. The van der Waals surface area contributed by atoms with Crippen LogP contribution in [0.25, 0.3) is 5.82 Å². The number of pyridine rings is 1. The van der Waals surface area contributed by atoms with Gasteiger partial charge in [0.1, 0.15) is 5.75 Å². The molecule has 0 aliphatic heterocycles. The van der Waals surface area contributed by atoms with Gasteiger partial charge in [0, 0.05) is 16.9 Å². The third-order valence-corrected chi connectivity index (χ3v) is 3.84. The Kier molecular flexibility index (Phi) is 4.55. The van der Waals surface area contributed by atoms with E-state index in [0.29, 0.717) is 16.4 Å². The summed E-state index contributed by atoms with van der Waals surface area (Å²) in [6.07, 6.45) is 1.44. The van der Waals surface area contributed by atoms with E-state index in [1.165, 1.54) is 12.3 Å². The molecule has 24 heavy (non-hydrogen) atoms. The van der Waals surface area contributed by atoms with Gasteiger partial charge in [-0.1, -0.05) is 23.2 Å². The van der Waals surface area contributed by atoms with E-state index in [1.807, 2.05) is 19.9 Å². The lowest BCUT2D eigenvalue weighted by Gasteiger charge is -2.07. The van der Waals surface area contributed by atoms with Gasteiger partial charge in [-0.2, -0.15) is 5.10 Å². The van der Waals surface area contributed by atoms with Crippen molar-refractivity contribution in [3.63, 3.8) is 0 Å². The molecule has 0 saturated heterocycles. The van der Waals surface area contributed by atoms with Crippen LogP contribution in [0.3, 0.4) is 0 Å². The Labute approximate surface area is 148 Å². The van der Waals surface area contributed by atoms with Crippen LogP contribution in [-0.2, 0) is 0 Å². The van der Waals surface area contributed by atoms with Gasteiger partial charge in [0.05, 0.1) is 16.3 Å². The van der Waals surface area contributed by atoms with E-state index in [-0.39, 0.29) is 10.8 Å². The lowest BCUT2D eigenvalue weighted by molar-refractivity contribution is 0.0734. The Hall–Kier alpha value is -2.37. The zero-order valence-electron chi connectivity index (χ0n) is 13.0. The van der Waals surface area contributed by atoms with Gasteiger partial charge >= 0.3 is 5.97 Å². The smallest absolute Gasteiger partial charge is 0.345 e. The van der Waals surface area contributed by atoms with Crippen LogP contribution in [0.2, 0.25) is 10.0 Å². The second-order valence-electron chi connectivity index (χ2n) is 5.21. The Bertz CT molecular complexity index is 905. The van der Waals surface area contributed by atoms with E-state index in [0.717, 1.165) is 11.4 Å². The van der Waals surface area contributed by atoms with Crippen LogP contribution in [0.15, 0.2) is 42.6 Å². The van der Waals surface area contributed by atoms with Gasteiger partial charge in [0.25, 0.3) is 0 Å². The molecular weight excluding hydrogens is 349 g/mol. The van der Waals surface area contributed by atoms with Gasteiger partial charge in [-0.25, -0.2) is 14.5 Å². The molecule has 2 aromatic heterocycles. The third kappa shape index (κ3) is 3.42. The topological polar surface area (TPSA) is 57.0 Å². The van der Waals surface area contributed by atoms with Crippen molar-refractivity contribution in [2.45, 2.75) is 13.8 Å². The van der Waals surface area contributed by atoms with E-state index >= 15 is 0 Å². The first-order chi connectivity index (χ1) is 11.4. The minimum atomic E-state index is -0.549. The van der Waals surface area contributed by atoms with E-state index < -0.39 is 5.97 Å². The van der Waals surface area contributed by atoms with Crippen LogP contribution in [-0.4, -0.2) is 20.7 Å². The predicted octanol–water partition coefficient (Wildman–Crippen LogP) is 4.41. The maximum Gasteiger partial charge on any atom is 0.345 e. The number of hydrogen-bond donors (Lipinski definition) is 0. The molecule has 3 aromatic rings. The van der Waals surface area contributed by atoms with Gasteiger partial charge in [0.15, 0.2) is 5.82 Å². The van der Waals surface area contributed by atoms with Crippen molar-refractivity contribution >= 4 is 29.2 Å². The molecule has 0 fully saturated rings. The van der Waals surface area contributed by atoms with E-state index in [1.54, 1.807) is 28.9 Å². The fourth-order valence-corrected chi connectivity index (χ4v) is 2.66. The predicted molar refractivity (Wildman–Crippen MR) is 92.3 cm³/mol. The number of aromatic nitrogens is 3. The SMILES string of the molecule is Cc1cc(C)n(-c2ccc(C(=O)Oc3ccc(Cl)cc3Cl)cn2)n1. The van der Waals surface area contributed by atoms with Crippen LogP contribution in [0.5, 0.6) is 5.75 Å². The van der Waals surface area contributed by atoms with Crippen molar-refractivity contribution in [3.8, 4) is 11.6 Å². The summed E-state index contributed by atoms with van der Waals surface area (Å²) in [6, 6.07) is 9.94. The van der Waals surface area contributed by atoms with Crippen molar-refractivity contribution in [1.82, 2.24) is 14.8 Å². The summed E-state index contributed by atoms with van der Waals surface area (Å²) in [4.78, 5) is 16.5. The number of halogens is 2. The molecule has 0 bridgehead atoms. The standard InChI is InChI=1S/C17H13Cl2N3O2/c1-10-7-11(2)22(21-10)16-6-3-12(9-20-16)17(23)24-15-5-4-13(18)8-14(15)19/h3-9H,1-2H3. The third-order valence-electron chi connectivity index (χ3n) is 3.31. The molecule has 5 nitrogen and oxygen atoms in total. The molecule has 2 heterocycles. The quantitative estimate of drug-likeness (QED) is 0.512. The lowest BCUT2D eigenvalue weighted by Crippen LogP contribution is -2.10.